The minimum absolute atomic E-state index is 0.0665. The summed E-state index contributed by atoms with van der Waals surface area (Å²) in [7, 11) is 0. The van der Waals surface area contributed by atoms with Crippen LogP contribution in [0, 0.1) is 5.82 Å². The Hall–Kier alpha value is -4.21. The molecule has 0 aliphatic carbocycles. The van der Waals surface area contributed by atoms with E-state index in [9.17, 15) is 31.9 Å². The Kier molecular flexibility index (Phi) is 7.30. The maximum absolute atomic E-state index is 13.6. The molecular formula is C24H19F4N3O3. The van der Waals surface area contributed by atoms with Crippen molar-refractivity contribution >= 4 is 34.8 Å². The number of carbonyl (C=O) groups excluding carboxylic acids is 3. The van der Waals surface area contributed by atoms with Crippen LogP contribution in [0.15, 0.2) is 66.7 Å². The summed E-state index contributed by atoms with van der Waals surface area (Å²) in [5.74, 6) is -2.21. The summed E-state index contributed by atoms with van der Waals surface area (Å²) in [5.41, 5.74) is -0.631. The molecule has 3 aromatic carbocycles. The number of carbonyl (C=O) groups is 3. The fraction of sp³-hybridized carbons (Fsp3) is 0.125. The Balaban J connectivity index is 1.73. The minimum Gasteiger partial charge on any atom is -0.326 e. The smallest absolute Gasteiger partial charge is 0.326 e. The zero-order valence-corrected chi connectivity index (χ0v) is 17.8. The lowest BCUT2D eigenvalue weighted by molar-refractivity contribution is -0.137. The van der Waals surface area contributed by atoms with Crippen LogP contribution in [0.5, 0.6) is 0 Å². The molecule has 0 spiro atoms. The van der Waals surface area contributed by atoms with Crippen LogP contribution in [-0.4, -0.2) is 17.7 Å². The van der Waals surface area contributed by atoms with Gasteiger partial charge < -0.3 is 16.0 Å². The summed E-state index contributed by atoms with van der Waals surface area (Å²) < 4.78 is 53.9. The lowest BCUT2D eigenvalue weighted by Crippen LogP contribution is -2.19. The van der Waals surface area contributed by atoms with E-state index in [0.717, 1.165) is 18.2 Å². The number of hydrogen-bond acceptors (Lipinski definition) is 3. The molecule has 0 aliphatic rings. The second-order valence-electron chi connectivity index (χ2n) is 7.32. The van der Waals surface area contributed by atoms with Gasteiger partial charge in [-0.05, 0) is 60.2 Å². The molecule has 176 valence electrons. The van der Waals surface area contributed by atoms with Gasteiger partial charge in [0.05, 0.1) is 17.7 Å². The molecule has 0 unspecified atom stereocenters. The van der Waals surface area contributed by atoms with Crippen LogP contribution in [0.1, 0.15) is 28.4 Å². The van der Waals surface area contributed by atoms with E-state index in [1.807, 2.05) is 0 Å². The average Bonchev–Trinajstić information content (AvgIpc) is 2.75. The Morgan fingerprint density at radius 3 is 2.00 bits per heavy atom. The Bertz CT molecular complexity index is 1210. The lowest BCUT2D eigenvalue weighted by Gasteiger charge is -2.16. The largest absolute Gasteiger partial charge is 0.418 e. The van der Waals surface area contributed by atoms with E-state index in [1.165, 1.54) is 25.1 Å². The molecule has 3 rings (SSSR count). The number of hydrogen-bond donors (Lipinski definition) is 3. The summed E-state index contributed by atoms with van der Waals surface area (Å²) in [6.45, 7) is 1.35. The van der Waals surface area contributed by atoms with Crippen molar-refractivity contribution in [1.82, 2.24) is 0 Å². The molecule has 6 nitrogen and oxygen atoms in total. The molecule has 0 aromatic heterocycles. The number of alkyl halides is 3. The van der Waals surface area contributed by atoms with Crippen molar-refractivity contribution in [3.63, 3.8) is 0 Å². The van der Waals surface area contributed by atoms with E-state index < -0.39 is 35.1 Å². The van der Waals surface area contributed by atoms with Crippen LogP contribution in [0.3, 0.4) is 0 Å². The van der Waals surface area contributed by atoms with Crippen molar-refractivity contribution in [2.45, 2.75) is 19.5 Å². The molecular weight excluding hydrogens is 454 g/mol. The maximum Gasteiger partial charge on any atom is 0.418 e. The van der Waals surface area contributed by atoms with Crippen molar-refractivity contribution in [3.05, 3.63) is 89.2 Å². The van der Waals surface area contributed by atoms with Gasteiger partial charge in [-0.1, -0.05) is 12.1 Å². The van der Waals surface area contributed by atoms with E-state index in [1.54, 1.807) is 24.3 Å². The third-order valence-corrected chi connectivity index (χ3v) is 4.60. The van der Waals surface area contributed by atoms with Gasteiger partial charge in [-0.15, -0.1) is 0 Å². The first-order valence-corrected chi connectivity index (χ1v) is 9.96. The number of amides is 3. The van der Waals surface area contributed by atoms with Gasteiger partial charge >= 0.3 is 6.18 Å². The van der Waals surface area contributed by atoms with Gasteiger partial charge in [0.25, 0.3) is 5.91 Å². The SMILES string of the molecule is CC(=O)Nc1ccc(CC(=O)Nc2ccc(NC(=O)c3ccc(F)cc3)cc2C(F)(F)F)cc1. The molecule has 0 saturated heterocycles. The zero-order chi connectivity index (χ0) is 24.9. The molecule has 34 heavy (non-hydrogen) atoms. The maximum atomic E-state index is 13.6. The van der Waals surface area contributed by atoms with Gasteiger partial charge in [0, 0.05) is 23.9 Å². The third kappa shape index (κ3) is 6.64. The summed E-state index contributed by atoms with van der Waals surface area (Å²) in [5, 5.41) is 7.14. The number of halogens is 4. The summed E-state index contributed by atoms with van der Waals surface area (Å²) in [6.07, 6.45) is -5.00. The Labute approximate surface area is 192 Å². The van der Waals surface area contributed by atoms with E-state index >= 15 is 0 Å². The highest BCUT2D eigenvalue weighted by molar-refractivity contribution is 6.04. The highest BCUT2D eigenvalue weighted by Gasteiger charge is 2.34. The third-order valence-electron chi connectivity index (χ3n) is 4.60. The molecule has 0 radical (unpaired) electrons. The van der Waals surface area contributed by atoms with Crippen LogP contribution in [-0.2, 0) is 22.2 Å². The molecule has 3 aromatic rings. The van der Waals surface area contributed by atoms with E-state index in [2.05, 4.69) is 16.0 Å². The molecule has 0 atom stereocenters. The number of anilines is 3. The zero-order valence-electron chi connectivity index (χ0n) is 17.8. The first-order valence-electron chi connectivity index (χ1n) is 9.96. The fourth-order valence-electron chi connectivity index (χ4n) is 3.06. The number of rotatable bonds is 6. The van der Waals surface area contributed by atoms with Crippen LogP contribution in [0.4, 0.5) is 34.6 Å². The Morgan fingerprint density at radius 2 is 1.41 bits per heavy atom. The van der Waals surface area contributed by atoms with E-state index in [4.69, 9.17) is 0 Å². The predicted octanol–water partition coefficient (Wildman–Crippen LogP) is 5.24. The monoisotopic (exact) mass is 473 g/mol. The molecule has 0 fully saturated rings. The number of benzene rings is 3. The van der Waals surface area contributed by atoms with Crippen molar-refractivity contribution in [2.24, 2.45) is 0 Å². The molecule has 0 heterocycles. The highest BCUT2D eigenvalue weighted by atomic mass is 19.4. The van der Waals surface area contributed by atoms with Crippen molar-refractivity contribution in [1.29, 1.82) is 0 Å². The van der Waals surface area contributed by atoms with Gasteiger partial charge in [-0.25, -0.2) is 4.39 Å². The fourth-order valence-corrected chi connectivity index (χ4v) is 3.06. The second-order valence-corrected chi connectivity index (χ2v) is 7.32. The van der Waals surface area contributed by atoms with Crippen LogP contribution >= 0.6 is 0 Å². The summed E-state index contributed by atoms with van der Waals surface area (Å²) in [4.78, 5) is 35.6. The van der Waals surface area contributed by atoms with Crippen LogP contribution < -0.4 is 16.0 Å². The normalized spacial score (nSPS) is 11.0. The van der Waals surface area contributed by atoms with Crippen LogP contribution in [0.2, 0.25) is 0 Å². The van der Waals surface area contributed by atoms with Crippen molar-refractivity contribution in [3.8, 4) is 0 Å². The summed E-state index contributed by atoms with van der Waals surface area (Å²) in [6, 6.07) is 13.8. The molecule has 0 bridgehead atoms. The number of nitrogens with one attached hydrogen (secondary N) is 3. The van der Waals surface area contributed by atoms with Gasteiger partial charge in [-0.2, -0.15) is 13.2 Å². The quantitative estimate of drug-likeness (QED) is 0.428. The molecule has 0 aliphatic heterocycles. The van der Waals surface area contributed by atoms with E-state index in [-0.39, 0.29) is 23.6 Å². The van der Waals surface area contributed by atoms with Crippen molar-refractivity contribution < 1.29 is 31.9 Å². The van der Waals surface area contributed by atoms with Gasteiger partial charge in [0.1, 0.15) is 5.82 Å². The second kappa shape index (κ2) is 10.2. The molecule has 3 amide bonds. The standard InChI is InChI=1S/C24H19F4N3O3/c1-14(32)29-18-8-2-15(3-9-18)12-22(33)31-21-11-10-19(13-20(21)24(26,27)28)30-23(34)16-4-6-17(25)7-5-16/h2-11,13H,12H2,1H3,(H,29,32)(H,30,34)(H,31,33). The van der Waals surface area contributed by atoms with Crippen LogP contribution in [0.25, 0.3) is 0 Å². The van der Waals surface area contributed by atoms with Gasteiger partial charge in [-0.3, -0.25) is 14.4 Å². The topological polar surface area (TPSA) is 87.3 Å². The highest BCUT2D eigenvalue weighted by Crippen LogP contribution is 2.36. The predicted molar refractivity (Wildman–Crippen MR) is 119 cm³/mol. The minimum atomic E-state index is -4.81. The first-order chi connectivity index (χ1) is 16.0. The molecule has 0 saturated carbocycles. The Morgan fingerprint density at radius 1 is 0.794 bits per heavy atom. The van der Waals surface area contributed by atoms with Crippen molar-refractivity contribution in [2.75, 3.05) is 16.0 Å². The average molecular weight is 473 g/mol. The molecule has 3 N–H and O–H groups in total. The van der Waals surface area contributed by atoms with Gasteiger partial charge in [0.2, 0.25) is 11.8 Å². The summed E-state index contributed by atoms with van der Waals surface area (Å²) >= 11 is 0. The lowest BCUT2D eigenvalue weighted by atomic mass is 10.1. The van der Waals surface area contributed by atoms with E-state index in [0.29, 0.717) is 17.3 Å². The molecule has 10 heteroatoms. The van der Waals surface area contributed by atoms with Gasteiger partial charge in [0.15, 0.2) is 0 Å². The first kappa shape index (κ1) is 24.4.